The van der Waals surface area contributed by atoms with E-state index in [9.17, 15) is 13.2 Å². The van der Waals surface area contributed by atoms with Gasteiger partial charge in [0.25, 0.3) is 0 Å². The second-order valence-corrected chi connectivity index (χ2v) is 7.37. The number of carbonyl (C=O) groups excluding carboxylic acids is 1. The first-order chi connectivity index (χ1) is 9.93. The van der Waals surface area contributed by atoms with Crippen LogP contribution in [0, 0.1) is 0 Å². The summed E-state index contributed by atoms with van der Waals surface area (Å²) in [4.78, 5) is 14.0. The Morgan fingerprint density at radius 2 is 1.86 bits per heavy atom. The molecule has 0 atom stereocenters. The summed E-state index contributed by atoms with van der Waals surface area (Å²) in [6, 6.07) is 6.60. The minimum absolute atomic E-state index is 0.135. The van der Waals surface area contributed by atoms with Crippen molar-refractivity contribution in [1.82, 2.24) is 14.5 Å². The van der Waals surface area contributed by atoms with Gasteiger partial charge in [0.1, 0.15) is 0 Å². The lowest BCUT2D eigenvalue weighted by molar-refractivity contribution is 0.208. The molecule has 7 heteroatoms. The van der Waals surface area contributed by atoms with Crippen LogP contribution in [0.1, 0.15) is 18.4 Å². The summed E-state index contributed by atoms with van der Waals surface area (Å²) in [6.45, 7) is 1.74. The Balaban J connectivity index is 2.12. The number of likely N-dealkylation sites (tertiary alicyclic amines) is 1. The van der Waals surface area contributed by atoms with Crippen LogP contribution >= 0.6 is 0 Å². The maximum absolute atomic E-state index is 12.3. The maximum Gasteiger partial charge on any atom is 0.317 e. The monoisotopic (exact) mass is 311 g/mol. The van der Waals surface area contributed by atoms with Crippen molar-refractivity contribution < 1.29 is 13.2 Å². The van der Waals surface area contributed by atoms with Gasteiger partial charge in [-0.05, 0) is 24.5 Å². The molecule has 0 spiro atoms. The first-order valence-electron chi connectivity index (χ1n) is 6.96. The molecule has 1 aliphatic rings. The fourth-order valence-corrected chi connectivity index (χ4v) is 3.42. The van der Waals surface area contributed by atoms with E-state index in [1.807, 2.05) is 0 Å². The number of carbonyl (C=O) groups is 1. The molecule has 1 N–H and O–H groups in total. The van der Waals surface area contributed by atoms with Gasteiger partial charge in [0.2, 0.25) is 10.0 Å². The van der Waals surface area contributed by atoms with Gasteiger partial charge in [-0.25, -0.2) is 17.5 Å². The van der Waals surface area contributed by atoms with Crippen molar-refractivity contribution in [3.05, 3.63) is 29.8 Å². The van der Waals surface area contributed by atoms with E-state index in [1.54, 1.807) is 29.2 Å². The van der Waals surface area contributed by atoms with Crippen molar-refractivity contribution in [3.63, 3.8) is 0 Å². The quantitative estimate of drug-likeness (QED) is 0.909. The predicted molar refractivity (Wildman–Crippen MR) is 80.4 cm³/mol. The van der Waals surface area contributed by atoms with Crippen LogP contribution < -0.4 is 5.32 Å². The number of benzene rings is 1. The van der Waals surface area contributed by atoms with Crippen LogP contribution in [-0.4, -0.2) is 50.8 Å². The van der Waals surface area contributed by atoms with Crippen LogP contribution in [0.5, 0.6) is 0 Å². The molecule has 0 aliphatic carbocycles. The van der Waals surface area contributed by atoms with E-state index in [0.717, 1.165) is 25.9 Å². The van der Waals surface area contributed by atoms with Gasteiger partial charge in [0, 0.05) is 33.7 Å². The third-order valence-corrected chi connectivity index (χ3v) is 5.47. The first-order valence-corrected chi connectivity index (χ1v) is 8.40. The van der Waals surface area contributed by atoms with E-state index < -0.39 is 10.0 Å². The molecule has 0 bridgehead atoms. The van der Waals surface area contributed by atoms with Crippen LogP contribution in [0.3, 0.4) is 0 Å². The molecule has 21 heavy (non-hydrogen) atoms. The van der Waals surface area contributed by atoms with Gasteiger partial charge < -0.3 is 10.2 Å². The van der Waals surface area contributed by atoms with Crippen LogP contribution in [-0.2, 0) is 16.6 Å². The average molecular weight is 311 g/mol. The lowest BCUT2D eigenvalue weighted by Crippen LogP contribution is -2.37. The van der Waals surface area contributed by atoms with Crippen LogP contribution in [0.25, 0.3) is 0 Å². The normalized spacial score (nSPS) is 15.5. The van der Waals surface area contributed by atoms with Gasteiger partial charge >= 0.3 is 6.03 Å². The number of nitrogens with one attached hydrogen (secondary N) is 1. The summed E-state index contributed by atoms with van der Waals surface area (Å²) in [5.74, 6) is 0. The Morgan fingerprint density at radius 1 is 1.24 bits per heavy atom. The zero-order valence-electron chi connectivity index (χ0n) is 12.4. The number of sulfonamides is 1. The zero-order chi connectivity index (χ0) is 15.5. The van der Waals surface area contributed by atoms with Crippen molar-refractivity contribution in [1.29, 1.82) is 0 Å². The van der Waals surface area contributed by atoms with Gasteiger partial charge in [0.15, 0.2) is 0 Å². The lowest BCUT2D eigenvalue weighted by Gasteiger charge is -2.18. The fraction of sp³-hybridized carbons (Fsp3) is 0.500. The van der Waals surface area contributed by atoms with Gasteiger partial charge in [-0.15, -0.1) is 0 Å². The average Bonchev–Trinajstić information content (AvgIpc) is 2.99. The summed E-state index contributed by atoms with van der Waals surface area (Å²) in [5, 5.41) is 2.80. The first kappa shape index (κ1) is 15.8. The maximum atomic E-state index is 12.3. The van der Waals surface area contributed by atoms with Crippen molar-refractivity contribution >= 4 is 16.1 Å². The molecule has 1 aromatic carbocycles. The Bertz CT molecular complexity index is 608. The largest absolute Gasteiger partial charge is 0.334 e. The summed E-state index contributed by atoms with van der Waals surface area (Å²) in [6.07, 6.45) is 2.05. The molecule has 2 amide bonds. The molecule has 0 aromatic heterocycles. The molecule has 1 aliphatic heterocycles. The fourth-order valence-electron chi connectivity index (χ4n) is 2.30. The van der Waals surface area contributed by atoms with E-state index in [2.05, 4.69) is 5.32 Å². The highest BCUT2D eigenvalue weighted by Crippen LogP contribution is 2.18. The standard InChI is InChI=1S/C14H21N3O3S/c1-16(2)21(19,20)13-8-4-3-7-12(13)11-15-14(18)17-9-5-6-10-17/h3-4,7-8H,5-6,9-11H2,1-2H3,(H,15,18). The molecule has 1 heterocycles. The molecule has 1 aromatic rings. The predicted octanol–water partition coefficient (Wildman–Crippen LogP) is 1.24. The number of amides is 2. The van der Waals surface area contributed by atoms with Gasteiger partial charge in [-0.2, -0.15) is 0 Å². The molecule has 0 saturated carbocycles. The molecule has 2 rings (SSSR count). The van der Waals surface area contributed by atoms with Crippen molar-refractivity contribution in [2.45, 2.75) is 24.3 Å². The number of nitrogens with zero attached hydrogens (tertiary/aromatic N) is 2. The minimum atomic E-state index is -3.51. The highest BCUT2D eigenvalue weighted by atomic mass is 32.2. The number of hydrogen-bond acceptors (Lipinski definition) is 3. The second-order valence-electron chi connectivity index (χ2n) is 5.25. The Labute approximate surface area is 125 Å². The summed E-state index contributed by atoms with van der Waals surface area (Å²) < 4.78 is 25.7. The topological polar surface area (TPSA) is 69.7 Å². The highest BCUT2D eigenvalue weighted by molar-refractivity contribution is 7.89. The van der Waals surface area contributed by atoms with E-state index in [0.29, 0.717) is 5.56 Å². The number of rotatable bonds is 4. The van der Waals surface area contributed by atoms with Crippen molar-refractivity contribution in [2.24, 2.45) is 0 Å². The van der Waals surface area contributed by atoms with Crippen LogP contribution in [0.15, 0.2) is 29.2 Å². The molecule has 0 unspecified atom stereocenters. The molecular formula is C14H21N3O3S. The Morgan fingerprint density at radius 3 is 2.48 bits per heavy atom. The molecule has 6 nitrogen and oxygen atoms in total. The molecule has 0 radical (unpaired) electrons. The summed E-state index contributed by atoms with van der Waals surface area (Å²) in [7, 11) is -0.516. The van der Waals surface area contributed by atoms with Crippen LogP contribution in [0.4, 0.5) is 4.79 Å². The second kappa shape index (κ2) is 6.44. The number of urea groups is 1. The molecule has 1 fully saturated rings. The lowest BCUT2D eigenvalue weighted by atomic mass is 10.2. The van der Waals surface area contributed by atoms with Crippen molar-refractivity contribution in [3.8, 4) is 0 Å². The van der Waals surface area contributed by atoms with E-state index in [4.69, 9.17) is 0 Å². The third-order valence-electron chi connectivity index (χ3n) is 3.55. The van der Waals surface area contributed by atoms with Crippen LogP contribution in [0.2, 0.25) is 0 Å². The molecule has 116 valence electrons. The molecular weight excluding hydrogens is 290 g/mol. The highest BCUT2D eigenvalue weighted by Gasteiger charge is 2.22. The summed E-state index contributed by atoms with van der Waals surface area (Å²) in [5.41, 5.74) is 0.596. The van der Waals surface area contributed by atoms with Gasteiger partial charge in [-0.3, -0.25) is 0 Å². The number of hydrogen-bond donors (Lipinski definition) is 1. The Kier molecular flexibility index (Phi) is 4.84. The zero-order valence-corrected chi connectivity index (χ0v) is 13.2. The Hall–Kier alpha value is -1.60. The smallest absolute Gasteiger partial charge is 0.317 e. The third kappa shape index (κ3) is 3.54. The summed E-state index contributed by atoms with van der Waals surface area (Å²) >= 11 is 0. The molecule has 1 saturated heterocycles. The van der Waals surface area contributed by atoms with Crippen molar-refractivity contribution in [2.75, 3.05) is 27.2 Å². The van der Waals surface area contributed by atoms with Gasteiger partial charge in [0.05, 0.1) is 4.90 Å². The van der Waals surface area contributed by atoms with E-state index >= 15 is 0 Å². The van der Waals surface area contributed by atoms with E-state index in [1.165, 1.54) is 18.4 Å². The minimum Gasteiger partial charge on any atom is -0.334 e. The SMILES string of the molecule is CN(C)S(=O)(=O)c1ccccc1CNC(=O)N1CCCC1. The van der Waals surface area contributed by atoms with E-state index in [-0.39, 0.29) is 17.5 Å². The van der Waals surface area contributed by atoms with Gasteiger partial charge in [-0.1, -0.05) is 18.2 Å².